The van der Waals surface area contributed by atoms with E-state index in [4.69, 9.17) is 4.74 Å². The molecular formula is C29H37ClN4O4. The highest BCUT2D eigenvalue weighted by molar-refractivity contribution is 6.07. The average Bonchev–Trinajstić information content (AvgIpc) is 3.11. The van der Waals surface area contributed by atoms with Crippen molar-refractivity contribution < 1.29 is 19.1 Å². The molecule has 2 aromatic rings. The molecule has 38 heavy (non-hydrogen) atoms. The van der Waals surface area contributed by atoms with Crippen molar-refractivity contribution in [3.8, 4) is 5.75 Å². The third kappa shape index (κ3) is 5.97. The van der Waals surface area contributed by atoms with Gasteiger partial charge in [-0.05, 0) is 55.4 Å². The monoisotopic (exact) mass is 540 g/mol. The SMILES string of the molecule is COc1ccc(CN2C(=O)NC3(CCN(CC[C@H](NC(=O)C4CCC4)c4ccccc4)CC3)C2=O)cc1.Cl. The molecule has 2 aromatic carbocycles. The summed E-state index contributed by atoms with van der Waals surface area (Å²) in [5, 5.41) is 6.28. The molecule has 0 radical (unpaired) electrons. The minimum Gasteiger partial charge on any atom is -0.497 e. The number of urea groups is 1. The van der Waals surface area contributed by atoms with Crippen LogP contribution in [-0.4, -0.2) is 59.9 Å². The lowest BCUT2D eigenvalue weighted by molar-refractivity contribution is -0.133. The summed E-state index contributed by atoms with van der Waals surface area (Å²) in [5.41, 5.74) is 1.18. The van der Waals surface area contributed by atoms with E-state index >= 15 is 0 Å². The lowest BCUT2D eigenvalue weighted by Gasteiger charge is -2.38. The van der Waals surface area contributed by atoms with Crippen molar-refractivity contribution in [1.82, 2.24) is 20.4 Å². The van der Waals surface area contributed by atoms with Crippen LogP contribution in [0.4, 0.5) is 4.79 Å². The summed E-state index contributed by atoms with van der Waals surface area (Å²) in [6.07, 6.45) is 5.07. The van der Waals surface area contributed by atoms with Gasteiger partial charge in [0, 0.05) is 25.6 Å². The van der Waals surface area contributed by atoms with Crippen molar-refractivity contribution in [3.63, 3.8) is 0 Å². The summed E-state index contributed by atoms with van der Waals surface area (Å²) in [5.74, 6) is 0.914. The molecule has 1 saturated carbocycles. The lowest BCUT2D eigenvalue weighted by atomic mass is 9.84. The zero-order chi connectivity index (χ0) is 25.8. The first kappa shape index (κ1) is 27.9. The summed E-state index contributed by atoms with van der Waals surface area (Å²) >= 11 is 0. The number of ether oxygens (including phenoxy) is 1. The number of amides is 4. The first-order chi connectivity index (χ1) is 18.0. The van der Waals surface area contributed by atoms with Crippen LogP contribution in [-0.2, 0) is 16.1 Å². The molecular weight excluding hydrogens is 504 g/mol. The fourth-order valence-electron chi connectivity index (χ4n) is 5.51. The van der Waals surface area contributed by atoms with Gasteiger partial charge in [0.1, 0.15) is 11.3 Å². The Morgan fingerprint density at radius 3 is 2.37 bits per heavy atom. The van der Waals surface area contributed by atoms with Crippen molar-refractivity contribution in [1.29, 1.82) is 0 Å². The molecule has 2 saturated heterocycles. The van der Waals surface area contributed by atoms with E-state index in [0.717, 1.165) is 62.2 Å². The number of carbonyl (C=O) groups is 3. The zero-order valence-corrected chi connectivity index (χ0v) is 22.7. The number of halogens is 1. The van der Waals surface area contributed by atoms with Crippen molar-refractivity contribution in [2.24, 2.45) is 5.92 Å². The summed E-state index contributed by atoms with van der Waals surface area (Å²) in [4.78, 5) is 42.4. The minimum atomic E-state index is -0.822. The Balaban J connectivity index is 0.00000336. The zero-order valence-electron chi connectivity index (χ0n) is 21.9. The van der Waals surface area contributed by atoms with Crippen molar-refractivity contribution >= 4 is 30.3 Å². The number of likely N-dealkylation sites (tertiary alicyclic amines) is 1. The first-order valence-corrected chi connectivity index (χ1v) is 13.3. The highest BCUT2D eigenvalue weighted by Crippen LogP contribution is 2.32. The van der Waals surface area contributed by atoms with Crippen LogP contribution in [0, 0.1) is 5.92 Å². The van der Waals surface area contributed by atoms with E-state index in [1.165, 1.54) is 4.90 Å². The quantitative estimate of drug-likeness (QED) is 0.468. The van der Waals surface area contributed by atoms with Gasteiger partial charge >= 0.3 is 6.03 Å². The molecule has 0 bridgehead atoms. The van der Waals surface area contributed by atoms with Gasteiger partial charge in [0.25, 0.3) is 5.91 Å². The molecule has 2 aliphatic heterocycles. The van der Waals surface area contributed by atoms with E-state index in [1.807, 2.05) is 42.5 Å². The minimum absolute atomic E-state index is 0. The summed E-state index contributed by atoms with van der Waals surface area (Å²) in [7, 11) is 1.61. The second-order valence-corrected chi connectivity index (χ2v) is 10.5. The predicted molar refractivity (Wildman–Crippen MR) is 147 cm³/mol. The average molecular weight is 541 g/mol. The fourth-order valence-corrected chi connectivity index (χ4v) is 5.51. The molecule has 1 atom stereocenters. The Morgan fingerprint density at radius 1 is 1.08 bits per heavy atom. The molecule has 204 valence electrons. The Bertz CT molecular complexity index is 1120. The van der Waals surface area contributed by atoms with E-state index in [0.29, 0.717) is 12.8 Å². The molecule has 3 fully saturated rings. The van der Waals surface area contributed by atoms with Crippen LogP contribution in [0.5, 0.6) is 5.75 Å². The molecule has 1 spiro atoms. The van der Waals surface area contributed by atoms with Gasteiger partial charge in [-0.2, -0.15) is 0 Å². The summed E-state index contributed by atoms with van der Waals surface area (Å²) in [6, 6.07) is 17.2. The molecule has 3 aliphatic rings. The predicted octanol–water partition coefficient (Wildman–Crippen LogP) is 4.05. The largest absolute Gasteiger partial charge is 0.497 e. The smallest absolute Gasteiger partial charge is 0.325 e. The van der Waals surface area contributed by atoms with Crippen LogP contribution in [0.3, 0.4) is 0 Å². The molecule has 5 rings (SSSR count). The molecule has 8 nitrogen and oxygen atoms in total. The van der Waals surface area contributed by atoms with Gasteiger partial charge in [-0.1, -0.05) is 48.9 Å². The number of piperidine rings is 1. The summed E-state index contributed by atoms with van der Waals surface area (Å²) < 4.78 is 5.19. The molecule has 0 unspecified atom stereocenters. The van der Waals surface area contributed by atoms with Crippen LogP contribution >= 0.6 is 12.4 Å². The van der Waals surface area contributed by atoms with Gasteiger partial charge in [-0.25, -0.2) is 4.79 Å². The summed E-state index contributed by atoms with van der Waals surface area (Å²) in [6.45, 7) is 2.51. The number of nitrogens with one attached hydrogen (secondary N) is 2. The van der Waals surface area contributed by atoms with Gasteiger partial charge in [0.2, 0.25) is 5.91 Å². The van der Waals surface area contributed by atoms with Crippen LogP contribution in [0.2, 0.25) is 0 Å². The van der Waals surface area contributed by atoms with Gasteiger partial charge in [-0.3, -0.25) is 14.5 Å². The van der Waals surface area contributed by atoms with Crippen molar-refractivity contribution in [3.05, 3.63) is 65.7 Å². The molecule has 4 amide bonds. The van der Waals surface area contributed by atoms with E-state index in [9.17, 15) is 14.4 Å². The highest BCUT2D eigenvalue weighted by Gasteiger charge is 2.52. The normalized spacial score (nSPS) is 19.9. The van der Waals surface area contributed by atoms with Crippen LogP contribution in [0.15, 0.2) is 54.6 Å². The van der Waals surface area contributed by atoms with Gasteiger partial charge < -0.3 is 20.3 Å². The van der Waals surface area contributed by atoms with Crippen LogP contribution in [0.25, 0.3) is 0 Å². The number of hydrogen-bond donors (Lipinski definition) is 2. The number of benzene rings is 2. The molecule has 2 heterocycles. The third-order valence-corrected chi connectivity index (χ3v) is 8.18. The van der Waals surface area contributed by atoms with Crippen LogP contribution < -0.4 is 15.4 Å². The van der Waals surface area contributed by atoms with E-state index in [2.05, 4.69) is 27.7 Å². The Hall–Kier alpha value is -3.10. The Labute approximate surface area is 230 Å². The van der Waals surface area contributed by atoms with Gasteiger partial charge in [0.05, 0.1) is 19.7 Å². The van der Waals surface area contributed by atoms with Gasteiger partial charge in [0.15, 0.2) is 0 Å². The fraction of sp³-hybridized carbons (Fsp3) is 0.483. The number of nitrogens with zero attached hydrogens (tertiary/aromatic N) is 2. The first-order valence-electron chi connectivity index (χ1n) is 13.3. The second kappa shape index (κ2) is 12.2. The number of rotatable bonds is 9. The molecule has 2 N–H and O–H groups in total. The maximum absolute atomic E-state index is 13.3. The molecule has 1 aliphatic carbocycles. The third-order valence-electron chi connectivity index (χ3n) is 8.18. The van der Waals surface area contributed by atoms with Crippen LogP contribution in [0.1, 0.15) is 55.7 Å². The number of methoxy groups -OCH3 is 1. The number of imide groups is 1. The molecule has 9 heteroatoms. The number of hydrogen-bond acceptors (Lipinski definition) is 5. The maximum Gasteiger partial charge on any atom is 0.325 e. The maximum atomic E-state index is 13.3. The standard InChI is InChI=1S/C29H36N4O4.ClH/c1-37-24-12-10-21(11-13-24)20-33-27(35)29(31-28(33)36)15-18-32(19-16-29)17-14-25(22-6-3-2-4-7-22)30-26(34)23-8-5-9-23;/h2-4,6-7,10-13,23,25H,5,8-9,14-20H2,1H3,(H,30,34)(H,31,36);1H/t25-;/m0./s1. The number of carbonyl (C=O) groups excluding carboxylic acids is 3. The van der Waals surface area contributed by atoms with E-state index < -0.39 is 5.54 Å². The lowest BCUT2D eigenvalue weighted by Crippen LogP contribution is -2.55. The van der Waals surface area contributed by atoms with Gasteiger partial charge in [-0.15, -0.1) is 12.4 Å². The molecule has 0 aromatic heterocycles. The van der Waals surface area contributed by atoms with Crippen molar-refractivity contribution in [2.45, 2.75) is 56.7 Å². The topological polar surface area (TPSA) is 91.0 Å². The highest BCUT2D eigenvalue weighted by atomic mass is 35.5. The van der Waals surface area contributed by atoms with E-state index in [-0.39, 0.29) is 48.8 Å². The van der Waals surface area contributed by atoms with E-state index in [1.54, 1.807) is 7.11 Å². The second-order valence-electron chi connectivity index (χ2n) is 10.5. The Kier molecular flexibility index (Phi) is 8.95. The van der Waals surface area contributed by atoms with Crippen molar-refractivity contribution in [2.75, 3.05) is 26.7 Å². The Morgan fingerprint density at radius 2 is 1.76 bits per heavy atom.